The van der Waals surface area contributed by atoms with E-state index in [1.54, 1.807) is 14.2 Å². The van der Waals surface area contributed by atoms with Crippen molar-refractivity contribution in [3.8, 4) is 5.75 Å². The van der Waals surface area contributed by atoms with Crippen LogP contribution in [-0.2, 0) is 24.1 Å². The normalized spacial score (nSPS) is 16.4. The van der Waals surface area contributed by atoms with Crippen LogP contribution in [0.5, 0.6) is 5.75 Å². The molecular weight excluding hydrogens is 400 g/mol. The maximum atomic E-state index is 5.38. The van der Waals surface area contributed by atoms with E-state index in [4.69, 9.17) is 14.5 Å². The van der Waals surface area contributed by atoms with Crippen molar-refractivity contribution in [2.45, 2.75) is 45.2 Å². The molecule has 0 spiro atoms. The lowest BCUT2D eigenvalue weighted by Crippen LogP contribution is -2.24. The van der Waals surface area contributed by atoms with Gasteiger partial charge >= 0.3 is 0 Å². The zero-order valence-electron chi connectivity index (χ0n) is 19.3. The molecule has 168 valence electrons. The second-order valence-electron chi connectivity index (χ2n) is 8.45. The molecule has 3 heterocycles. The Bertz CT molecular complexity index is 1020. The lowest BCUT2D eigenvalue weighted by Gasteiger charge is -2.24. The van der Waals surface area contributed by atoms with Gasteiger partial charge in [0.15, 0.2) is 0 Å². The highest BCUT2D eigenvalue weighted by molar-refractivity contribution is 5.34. The minimum Gasteiger partial charge on any atom is -0.497 e. The third kappa shape index (κ3) is 5.69. The van der Waals surface area contributed by atoms with Crippen LogP contribution < -0.4 is 4.74 Å². The minimum atomic E-state index is 0.326. The molecular formula is C26H32N4O2. The van der Waals surface area contributed by atoms with E-state index in [0.717, 1.165) is 60.9 Å². The summed E-state index contributed by atoms with van der Waals surface area (Å²) < 4.78 is 10.5. The first-order valence-electron chi connectivity index (χ1n) is 11.3. The van der Waals surface area contributed by atoms with E-state index in [1.807, 2.05) is 24.5 Å². The summed E-state index contributed by atoms with van der Waals surface area (Å²) in [7, 11) is 3.41. The Hall–Kier alpha value is -2.83. The molecule has 0 radical (unpaired) electrons. The average Bonchev–Trinajstić information content (AvgIpc) is 3.26. The molecule has 0 saturated carbocycles. The smallest absolute Gasteiger partial charge is 0.130 e. The van der Waals surface area contributed by atoms with Crippen LogP contribution >= 0.6 is 0 Å². The molecule has 6 heteroatoms. The maximum Gasteiger partial charge on any atom is 0.130 e. The SMILES string of the molecule is COCCc1ncc(CN2CCC[C@@H]2c2cc(Cc3cccc(OC)c3)cc(C)n2)cn1. The molecule has 32 heavy (non-hydrogen) atoms. The summed E-state index contributed by atoms with van der Waals surface area (Å²) in [5, 5.41) is 0. The van der Waals surface area contributed by atoms with Gasteiger partial charge in [0.1, 0.15) is 11.6 Å². The number of nitrogens with zero attached hydrogens (tertiary/aromatic N) is 4. The number of aromatic nitrogens is 3. The van der Waals surface area contributed by atoms with E-state index in [-0.39, 0.29) is 0 Å². The first-order chi connectivity index (χ1) is 15.6. The molecule has 1 saturated heterocycles. The number of hydrogen-bond donors (Lipinski definition) is 0. The van der Waals surface area contributed by atoms with Gasteiger partial charge in [-0.2, -0.15) is 0 Å². The number of hydrogen-bond acceptors (Lipinski definition) is 6. The molecule has 2 aromatic heterocycles. The molecule has 4 rings (SSSR count). The van der Waals surface area contributed by atoms with Crippen LogP contribution in [0.4, 0.5) is 0 Å². The number of benzene rings is 1. The summed E-state index contributed by atoms with van der Waals surface area (Å²) in [5.41, 5.74) is 5.91. The maximum absolute atomic E-state index is 5.38. The van der Waals surface area contributed by atoms with Gasteiger partial charge in [-0.05, 0) is 68.1 Å². The van der Waals surface area contributed by atoms with Gasteiger partial charge in [0.2, 0.25) is 0 Å². The third-order valence-electron chi connectivity index (χ3n) is 5.95. The van der Waals surface area contributed by atoms with E-state index >= 15 is 0 Å². The van der Waals surface area contributed by atoms with Crippen LogP contribution in [-0.4, -0.2) is 47.2 Å². The van der Waals surface area contributed by atoms with Gasteiger partial charge in [-0.1, -0.05) is 12.1 Å². The molecule has 3 aromatic rings. The van der Waals surface area contributed by atoms with Gasteiger partial charge in [0.25, 0.3) is 0 Å². The van der Waals surface area contributed by atoms with Crippen molar-refractivity contribution >= 4 is 0 Å². The predicted molar refractivity (Wildman–Crippen MR) is 125 cm³/mol. The molecule has 0 bridgehead atoms. The Morgan fingerprint density at radius 1 is 1.03 bits per heavy atom. The summed E-state index contributed by atoms with van der Waals surface area (Å²) in [6, 6.07) is 13.1. The van der Waals surface area contributed by atoms with Gasteiger partial charge in [-0.15, -0.1) is 0 Å². The lowest BCUT2D eigenvalue weighted by atomic mass is 10.0. The highest BCUT2D eigenvalue weighted by Gasteiger charge is 2.27. The molecule has 6 nitrogen and oxygen atoms in total. The summed E-state index contributed by atoms with van der Waals surface area (Å²) >= 11 is 0. The molecule has 1 fully saturated rings. The summed E-state index contributed by atoms with van der Waals surface area (Å²) in [4.78, 5) is 16.4. The first kappa shape index (κ1) is 22.4. The Morgan fingerprint density at radius 3 is 2.66 bits per heavy atom. The Kier molecular flexibility index (Phi) is 7.45. The van der Waals surface area contributed by atoms with Gasteiger partial charge in [0.05, 0.1) is 25.5 Å². The van der Waals surface area contributed by atoms with Crippen LogP contribution in [0, 0.1) is 6.92 Å². The van der Waals surface area contributed by atoms with Crippen molar-refractivity contribution in [2.24, 2.45) is 0 Å². The fourth-order valence-corrected chi connectivity index (χ4v) is 4.43. The summed E-state index contributed by atoms with van der Waals surface area (Å²) in [5.74, 6) is 1.72. The fraction of sp³-hybridized carbons (Fsp3) is 0.423. The summed E-state index contributed by atoms with van der Waals surface area (Å²) in [6.45, 7) is 4.64. The average molecular weight is 433 g/mol. The minimum absolute atomic E-state index is 0.326. The monoisotopic (exact) mass is 432 g/mol. The van der Waals surface area contributed by atoms with Crippen LogP contribution in [0.15, 0.2) is 48.8 Å². The molecule has 0 amide bonds. The van der Waals surface area contributed by atoms with E-state index in [9.17, 15) is 0 Å². The van der Waals surface area contributed by atoms with Gasteiger partial charge in [0, 0.05) is 43.7 Å². The van der Waals surface area contributed by atoms with Crippen molar-refractivity contribution in [1.29, 1.82) is 0 Å². The van der Waals surface area contributed by atoms with Crippen LogP contribution in [0.2, 0.25) is 0 Å². The van der Waals surface area contributed by atoms with E-state index in [0.29, 0.717) is 12.6 Å². The largest absolute Gasteiger partial charge is 0.497 e. The fourth-order valence-electron chi connectivity index (χ4n) is 4.43. The number of pyridine rings is 1. The molecule has 1 atom stereocenters. The number of aryl methyl sites for hydroxylation is 1. The molecule has 0 aliphatic carbocycles. The van der Waals surface area contributed by atoms with Crippen molar-refractivity contribution in [3.63, 3.8) is 0 Å². The van der Waals surface area contributed by atoms with Crippen molar-refractivity contribution in [3.05, 3.63) is 82.7 Å². The van der Waals surface area contributed by atoms with E-state index in [1.165, 1.54) is 17.5 Å². The molecule has 1 aliphatic heterocycles. The van der Waals surface area contributed by atoms with Crippen molar-refractivity contribution in [1.82, 2.24) is 19.9 Å². The van der Waals surface area contributed by atoms with Crippen LogP contribution in [0.3, 0.4) is 0 Å². The van der Waals surface area contributed by atoms with Gasteiger partial charge < -0.3 is 9.47 Å². The standard InChI is InChI=1S/C26H32N4O2/c1-19-12-21(13-20-6-4-7-23(14-20)32-3)15-24(29-19)25-8-5-10-30(25)18-22-16-27-26(28-17-22)9-11-31-2/h4,6-7,12,14-17,25H,5,8-11,13,18H2,1-3H3/t25-/m1/s1. The molecule has 0 unspecified atom stereocenters. The number of methoxy groups -OCH3 is 2. The first-order valence-corrected chi connectivity index (χ1v) is 11.3. The molecule has 1 aliphatic rings. The Balaban J connectivity index is 1.48. The zero-order valence-corrected chi connectivity index (χ0v) is 19.3. The van der Waals surface area contributed by atoms with Crippen LogP contribution in [0.1, 0.15) is 52.8 Å². The number of likely N-dealkylation sites (tertiary alicyclic amines) is 1. The van der Waals surface area contributed by atoms with Crippen LogP contribution in [0.25, 0.3) is 0 Å². The summed E-state index contributed by atoms with van der Waals surface area (Å²) in [6.07, 6.45) is 7.82. The molecule has 1 aromatic carbocycles. The van der Waals surface area contributed by atoms with Gasteiger partial charge in [-0.25, -0.2) is 9.97 Å². The second-order valence-corrected chi connectivity index (χ2v) is 8.45. The number of rotatable bonds is 9. The number of ether oxygens (including phenoxy) is 2. The Labute approximate surface area is 190 Å². The Morgan fingerprint density at radius 2 is 1.88 bits per heavy atom. The third-order valence-corrected chi connectivity index (χ3v) is 5.95. The van der Waals surface area contributed by atoms with E-state index in [2.05, 4.69) is 46.1 Å². The predicted octanol–water partition coefficient (Wildman–Crippen LogP) is 4.31. The quantitative estimate of drug-likeness (QED) is 0.502. The van der Waals surface area contributed by atoms with E-state index < -0.39 is 0 Å². The highest BCUT2D eigenvalue weighted by Crippen LogP contribution is 2.33. The highest BCUT2D eigenvalue weighted by atomic mass is 16.5. The van der Waals surface area contributed by atoms with Gasteiger partial charge in [-0.3, -0.25) is 9.88 Å². The zero-order chi connectivity index (χ0) is 22.3. The second kappa shape index (κ2) is 10.7. The lowest BCUT2D eigenvalue weighted by molar-refractivity contribution is 0.200. The topological polar surface area (TPSA) is 60.4 Å². The van der Waals surface area contributed by atoms with Crippen molar-refractivity contribution < 1.29 is 9.47 Å². The van der Waals surface area contributed by atoms with Crippen molar-refractivity contribution in [2.75, 3.05) is 27.4 Å². The molecule has 0 N–H and O–H groups in total.